The number of sulfonamides is 1. The molecule has 0 radical (unpaired) electrons. The van der Waals surface area contributed by atoms with Gasteiger partial charge in [-0.3, -0.25) is 9.40 Å². The lowest BCUT2D eigenvalue weighted by molar-refractivity contribution is 0.599. The molecule has 8 nitrogen and oxygen atoms in total. The van der Waals surface area contributed by atoms with E-state index in [1.54, 1.807) is 37.7 Å². The van der Waals surface area contributed by atoms with Gasteiger partial charge >= 0.3 is 0 Å². The first kappa shape index (κ1) is 18.7. The van der Waals surface area contributed by atoms with Crippen molar-refractivity contribution in [1.82, 2.24) is 24.5 Å². The van der Waals surface area contributed by atoms with Gasteiger partial charge in [-0.1, -0.05) is 18.6 Å². The fourth-order valence-electron chi connectivity index (χ4n) is 3.77. The molecule has 3 heterocycles. The van der Waals surface area contributed by atoms with E-state index in [1.807, 2.05) is 12.1 Å². The van der Waals surface area contributed by atoms with E-state index in [9.17, 15) is 8.42 Å². The maximum Gasteiger partial charge on any atom is 0.265 e. The summed E-state index contributed by atoms with van der Waals surface area (Å²) in [7, 11) is -2.00. The number of nitrogens with one attached hydrogen (secondary N) is 1. The molecule has 3 aromatic rings. The molecule has 0 fully saturated rings. The third kappa shape index (κ3) is 3.30. The van der Waals surface area contributed by atoms with Crippen LogP contribution in [0, 0.1) is 13.8 Å². The molecule has 0 atom stereocenters. The first-order chi connectivity index (χ1) is 13.4. The molecule has 0 saturated heterocycles. The third-order valence-corrected chi connectivity index (χ3v) is 6.83. The Morgan fingerprint density at radius 3 is 2.68 bits per heavy atom. The normalized spacial score (nSPS) is 14.5. The highest BCUT2D eigenvalue weighted by atomic mass is 32.2. The minimum absolute atomic E-state index is 0.219. The van der Waals surface area contributed by atoms with Crippen LogP contribution in [0.4, 0.5) is 5.69 Å². The minimum Gasteiger partial charge on any atom is -0.311 e. The summed E-state index contributed by atoms with van der Waals surface area (Å²) in [6, 6.07) is 7.30. The van der Waals surface area contributed by atoms with Crippen LogP contribution in [0.25, 0.3) is 11.4 Å². The fraction of sp³-hybridized carbons (Fsp3) is 0.421. The maximum atomic E-state index is 12.9. The topological polar surface area (TPSA) is 94.7 Å². The Labute approximate surface area is 164 Å². The number of hydrogen-bond acceptors (Lipinski definition) is 5. The molecule has 1 aromatic carbocycles. The molecule has 0 saturated carbocycles. The molecule has 0 unspecified atom stereocenters. The molecule has 1 N–H and O–H groups in total. The summed E-state index contributed by atoms with van der Waals surface area (Å²) in [5.74, 6) is 1.78. The van der Waals surface area contributed by atoms with Gasteiger partial charge in [0.1, 0.15) is 10.7 Å². The summed E-state index contributed by atoms with van der Waals surface area (Å²) in [6.07, 6.45) is 4.34. The first-order valence-corrected chi connectivity index (χ1v) is 10.9. The van der Waals surface area contributed by atoms with Gasteiger partial charge in [0, 0.05) is 31.3 Å². The van der Waals surface area contributed by atoms with Crippen LogP contribution in [0.2, 0.25) is 0 Å². The average molecular weight is 401 g/mol. The fourth-order valence-corrected chi connectivity index (χ4v) is 5.26. The number of nitrogens with zero attached hydrogens (tertiary/aromatic N) is 5. The Morgan fingerprint density at radius 1 is 1.11 bits per heavy atom. The molecular weight excluding hydrogens is 376 g/mol. The number of aryl methyl sites for hydroxylation is 3. The molecule has 148 valence electrons. The molecule has 0 aliphatic carbocycles. The molecule has 2 aromatic heterocycles. The van der Waals surface area contributed by atoms with Gasteiger partial charge in [-0.05, 0) is 38.8 Å². The predicted molar refractivity (Wildman–Crippen MR) is 107 cm³/mol. The van der Waals surface area contributed by atoms with Crippen molar-refractivity contribution in [3.63, 3.8) is 0 Å². The van der Waals surface area contributed by atoms with Gasteiger partial charge in [-0.25, -0.2) is 8.42 Å². The summed E-state index contributed by atoms with van der Waals surface area (Å²) in [4.78, 5) is 0.219. The van der Waals surface area contributed by atoms with Crippen LogP contribution < -0.4 is 4.72 Å². The van der Waals surface area contributed by atoms with Crippen molar-refractivity contribution in [2.45, 2.75) is 51.0 Å². The highest BCUT2D eigenvalue weighted by Crippen LogP contribution is 2.27. The Kier molecular flexibility index (Phi) is 4.70. The molecule has 4 rings (SSSR count). The number of fused-ring (bicyclic) bond motifs is 1. The van der Waals surface area contributed by atoms with Gasteiger partial charge in [-0.2, -0.15) is 5.10 Å². The number of aromatic nitrogens is 5. The lowest BCUT2D eigenvalue weighted by Crippen LogP contribution is -2.15. The average Bonchev–Trinajstić information content (AvgIpc) is 3.05. The zero-order valence-corrected chi connectivity index (χ0v) is 17.1. The monoisotopic (exact) mass is 400 g/mol. The number of benzene rings is 1. The zero-order valence-electron chi connectivity index (χ0n) is 16.3. The summed E-state index contributed by atoms with van der Waals surface area (Å²) in [5, 5.41) is 12.9. The highest BCUT2D eigenvalue weighted by Gasteiger charge is 2.24. The van der Waals surface area contributed by atoms with Crippen molar-refractivity contribution in [3.05, 3.63) is 41.5 Å². The lowest BCUT2D eigenvalue weighted by atomic mass is 10.2. The maximum absolute atomic E-state index is 12.9. The quantitative estimate of drug-likeness (QED) is 0.727. The Bertz CT molecular complexity index is 1130. The van der Waals surface area contributed by atoms with Gasteiger partial charge < -0.3 is 4.57 Å². The van der Waals surface area contributed by atoms with E-state index in [0.29, 0.717) is 17.1 Å². The van der Waals surface area contributed by atoms with E-state index in [0.717, 1.165) is 43.0 Å². The van der Waals surface area contributed by atoms with Crippen LogP contribution in [-0.4, -0.2) is 33.0 Å². The molecule has 0 bridgehead atoms. The molecule has 0 amide bonds. The van der Waals surface area contributed by atoms with Gasteiger partial charge in [0.25, 0.3) is 10.0 Å². The molecule has 1 aliphatic heterocycles. The van der Waals surface area contributed by atoms with E-state index in [2.05, 4.69) is 24.6 Å². The molecule has 28 heavy (non-hydrogen) atoms. The van der Waals surface area contributed by atoms with E-state index >= 15 is 0 Å². The third-order valence-electron chi connectivity index (χ3n) is 5.19. The lowest BCUT2D eigenvalue weighted by Gasteiger charge is -2.11. The van der Waals surface area contributed by atoms with Crippen molar-refractivity contribution in [1.29, 1.82) is 0 Å². The number of rotatable bonds is 4. The summed E-state index contributed by atoms with van der Waals surface area (Å²) < 4.78 is 32.3. The van der Waals surface area contributed by atoms with Crippen LogP contribution in [0.5, 0.6) is 0 Å². The highest BCUT2D eigenvalue weighted by molar-refractivity contribution is 7.92. The Hall–Kier alpha value is -2.68. The summed E-state index contributed by atoms with van der Waals surface area (Å²) in [5.41, 5.74) is 2.42. The second-order valence-electron chi connectivity index (χ2n) is 7.21. The molecular formula is C19H24N6O2S. The number of anilines is 1. The summed E-state index contributed by atoms with van der Waals surface area (Å²) >= 11 is 0. The smallest absolute Gasteiger partial charge is 0.265 e. The van der Waals surface area contributed by atoms with E-state index in [-0.39, 0.29) is 4.90 Å². The molecule has 9 heteroatoms. The van der Waals surface area contributed by atoms with E-state index < -0.39 is 10.0 Å². The minimum atomic E-state index is -3.74. The van der Waals surface area contributed by atoms with Crippen molar-refractivity contribution >= 4 is 15.7 Å². The summed E-state index contributed by atoms with van der Waals surface area (Å²) in [6.45, 7) is 4.33. The van der Waals surface area contributed by atoms with Crippen molar-refractivity contribution in [2.75, 3.05) is 4.72 Å². The Balaban J connectivity index is 1.68. The first-order valence-electron chi connectivity index (χ1n) is 9.42. The van der Waals surface area contributed by atoms with Gasteiger partial charge in [0.15, 0.2) is 5.82 Å². The van der Waals surface area contributed by atoms with Crippen LogP contribution >= 0.6 is 0 Å². The second kappa shape index (κ2) is 7.05. The standard InChI is InChI=1S/C19H24N6O2S/c1-13-18(14(2)24(3)22-13)28(26,27)23-16-9-7-8-15(12-16)19-21-20-17-10-5-4-6-11-25(17)19/h7-9,12,23H,4-6,10-11H2,1-3H3. The van der Waals surface area contributed by atoms with E-state index in [1.165, 1.54) is 6.42 Å². The van der Waals surface area contributed by atoms with Crippen LogP contribution in [0.1, 0.15) is 36.5 Å². The van der Waals surface area contributed by atoms with E-state index in [4.69, 9.17) is 0 Å². The van der Waals surface area contributed by atoms with Gasteiger partial charge in [0.05, 0.1) is 11.4 Å². The zero-order chi connectivity index (χ0) is 19.9. The largest absolute Gasteiger partial charge is 0.311 e. The second-order valence-corrected chi connectivity index (χ2v) is 8.83. The van der Waals surface area contributed by atoms with Crippen molar-refractivity contribution in [3.8, 4) is 11.4 Å². The van der Waals surface area contributed by atoms with Crippen LogP contribution in [-0.2, 0) is 30.0 Å². The van der Waals surface area contributed by atoms with Gasteiger partial charge in [-0.15, -0.1) is 10.2 Å². The van der Waals surface area contributed by atoms with Crippen LogP contribution in [0.3, 0.4) is 0 Å². The Morgan fingerprint density at radius 2 is 1.93 bits per heavy atom. The van der Waals surface area contributed by atoms with Crippen LogP contribution in [0.15, 0.2) is 29.2 Å². The van der Waals surface area contributed by atoms with Gasteiger partial charge in [0.2, 0.25) is 0 Å². The number of hydrogen-bond donors (Lipinski definition) is 1. The SMILES string of the molecule is Cc1nn(C)c(C)c1S(=O)(=O)Nc1cccc(-c2nnc3n2CCCCC3)c1. The molecule has 0 spiro atoms. The van der Waals surface area contributed by atoms with Crippen molar-refractivity contribution in [2.24, 2.45) is 7.05 Å². The molecule has 1 aliphatic rings. The van der Waals surface area contributed by atoms with Crippen molar-refractivity contribution < 1.29 is 8.42 Å². The predicted octanol–water partition coefficient (Wildman–Crippen LogP) is 2.82.